The molecule has 0 amide bonds. The fraction of sp³-hybridized carbons (Fsp3) is 1.00. The monoisotopic (exact) mass is 543 g/mol. The minimum Gasteiger partial charge on any atom is -0.329 e. The molecule has 0 aromatic rings. The fourth-order valence-electron chi connectivity index (χ4n) is 5.41. The van der Waals surface area contributed by atoms with Crippen LogP contribution < -0.4 is 0 Å². The first kappa shape index (κ1) is 37.8. The molecule has 230 valence electrons. The minimum atomic E-state index is -0.824. The Morgan fingerprint density at radius 3 is 1.05 bits per heavy atom. The standard InChI is InChI=1S/C34H72NO3/c1-6-9-11-13-15-17-19-21-23-25-27-29-31-37-33(8-3)35(4,5)34(36)38-32-30-28-26-24-22-20-18-16-14-12-10-7-2/h33-34,36H,6-32H2,1-5H3/q+1. The SMILES string of the molecule is CCCCCCCCCCCCCCOC(O)[N+](C)(C)C(CC)OCCCCCCCCCCCCCC. The Morgan fingerprint density at radius 1 is 0.447 bits per heavy atom. The van der Waals surface area contributed by atoms with Crippen molar-refractivity contribution in [3.05, 3.63) is 0 Å². The van der Waals surface area contributed by atoms with Gasteiger partial charge >= 0.3 is 6.41 Å². The van der Waals surface area contributed by atoms with Crippen molar-refractivity contribution in [2.45, 2.75) is 194 Å². The summed E-state index contributed by atoms with van der Waals surface area (Å²) in [4.78, 5) is 0. The maximum absolute atomic E-state index is 10.7. The van der Waals surface area contributed by atoms with E-state index in [-0.39, 0.29) is 6.23 Å². The molecule has 0 saturated heterocycles. The molecule has 38 heavy (non-hydrogen) atoms. The summed E-state index contributed by atoms with van der Waals surface area (Å²) < 4.78 is 12.4. The van der Waals surface area contributed by atoms with E-state index in [1.807, 2.05) is 14.1 Å². The largest absolute Gasteiger partial charge is 0.329 e. The molecule has 0 aliphatic rings. The summed E-state index contributed by atoms with van der Waals surface area (Å²) in [5, 5.41) is 10.7. The summed E-state index contributed by atoms with van der Waals surface area (Å²) in [5.41, 5.74) is 0. The number of unbranched alkanes of at least 4 members (excludes halogenated alkanes) is 22. The molecule has 4 heteroatoms. The third-order valence-electron chi connectivity index (χ3n) is 8.23. The predicted octanol–water partition coefficient (Wildman–Crippen LogP) is 10.5. The van der Waals surface area contributed by atoms with Gasteiger partial charge in [0.05, 0.1) is 27.3 Å². The zero-order valence-electron chi connectivity index (χ0n) is 27.0. The molecule has 0 spiro atoms. The van der Waals surface area contributed by atoms with Gasteiger partial charge in [-0.25, -0.2) is 0 Å². The molecule has 0 radical (unpaired) electrons. The molecule has 0 fully saturated rings. The summed E-state index contributed by atoms with van der Waals surface area (Å²) in [5.74, 6) is 0. The molecule has 2 atom stereocenters. The third-order valence-corrected chi connectivity index (χ3v) is 8.23. The second-order valence-corrected chi connectivity index (χ2v) is 12.3. The van der Waals surface area contributed by atoms with E-state index in [0.29, 0.717) is 11.1 Å². The van der Waals surface area contributed by atoms with Gasteiger partial charge in [0.15, 0.2) is 6.23 Å². The lowest BCUT2D eigenvalue weighted by atomic mass is 10.1. The highest BCUT2D eigenvalue weighted by molar-refractivity contribution is 4.51. The quantitative estimate of drug-likeness (QED) is 0.0538. The summed E-state index contributed by atoms with van der Waals surface area (Å²) in [6.07, 6.45) is 32.3. The smallest absolute Gasteiger partial charge is 0.308 e. The van der Waals surface area contributed by atoms with Gasteiger partial charge < -0.3 is 14.6 Å². The van der Waals surface area contributed by atoms with Gasteiger partial charge in [0.2, 0.25) is 0 Å². The minimum absolute atomic E-state index is 0.0281. The van der Waals surface area contributed by atoms with Crippen molar-refractivity contribution < 1.29 is 19.1 Å². The highest BCUT2D eigenvalue weighted by Crippen LogP contribution is 2.19. The van der Waals surface area contributed by atoms with Gasteiger partial charge in [0.25, 0.3) is 0 Å². The van der Waals surface area contributed by atoms with Gasteiger partial charge in [-0.15, -0.1) is 0 Å². The van der Waals surface area contributed by atoms with Crippen LogP contribution in [0.15, 0.2) is 0 Å². The molecular weight excluding hydrogens is 470 g/mol. The molecule has 2 unspecified atom stereocenters. The van der Waals surface area contributed by atoms with Gasteiger partial charge in [-0.05, 0) is 12.8 Å². The van der Waals surface area contributed by atoms with Crippen molar-refractivity contribution in [2.24, 2.45) is 0 Å². The van der Waals surface area contributed by atoms with Crippen LogP contribution in [0.2, 0.25) is 0 Å². The van der Waals surface area contributed by atoms with Crippen LogP contribution in [0.5, 0.6) is 0 Å². The molecular formula is C34H72NO3+. The lowest BCUT2D eigenvalue weighted by Gasteiger charge is -2.39. The Morgan fingerprint density at radius 2 is 0.737 bits per heavy atom. The van der Waals surface area contributed by atoms with Crippen LogP contribution in [-0.2, 0) is 9.47 Å². The molecule has 4 nitrogen and oxygen atoms in total. The van der Waals surface area contributed by atoms with E-state index >= 15 is 0 Å². The van der Waals surface area contributed by atoms with Crippen LogP contribution in [-0.4, -0.2) is 49.5 Å². The first-order valence-corrected chi connectivity index (χ1v) is 17.2. The number of ether oxygens (including phenoxy) is 2. The molecule has 0 heterocycles. The van der Waals surface area contributed by atoms with Gasteiger partial charge in [0, 0.05) is 6.42 Å². The van der Waals surface area contributed by atoms with E-state index < -0.39 is 6.41 Å². The normalized spacial score (nSPS) is 13.7. The first-order valence-electron chi connectivity index (χ1n) is 17.2. The average molecular weight is 543 g/mol. The van der Waals surface area contributed by atoms with Crippen molar-refractivity contribution in [3.8, 4) is 0 Å². The number of nitrogens with zero attached hydrogens (tertiary/aromatic N) is 1. The first-order chi connectivity index (χ1) is 18.5. The Kier molecular flexibility index (Phi) is 28.3. The van der Waals surface area contributed by atoms with E-state index in [9.17, 15) is 5.11 Å². The molecule has 0 saturated carbocycles. The lowest BCUT2D eigenvalue weighted by molar-refractivity contribution is -1.00. The van der Waals surface area contributed by atoms with E-state index in [1.165, 1.54) is 141 Å². The van der Waals surface area contributed by atoms with Gasteiger partial charge in [0.1, 0.15) is 0 Å². The number of aliphatic hydroxyl groups excluding tert-OH is 1. The van der Waals surface area contributed by atoms with E-state index in [4.69, 9.17) is 9.47 Å². The third kappa shape index (κ3) is 22.6. The number of hydrogen-bond donors (Lipinski definition) is 1. The fourth-order valence-corrected chi connectivity index (χ4v) is 5.41. The van der Waals surface area contributed by atoms with Crippen molar-refractivity contribution in [2.75, 3.05) is 27.3 Å². The lowest BCUT2D eigenvalue weighted by Crippen LogP contribution is -2.57. The van der Waals surface area contributed by atoms with Crippen LogP contribution in [0.25, 0.3) is 0 Å². The highest BCUT2D eigenvalue weighted by atomic mass is 16.6. The van der Waals surface area contributed by atoms with Crippen molar-refractivity contribution in [1.29, 1.82) is 0 Å². The molecule has 0 rings (SSSR count). The van der Waals surface area contributed by atoms with Gasteiger partial charge in [-0.3, -0.25) is 4.48 Å². The molecule has 0 aliphatic carbocycles. The molecule has 0 aliphatic heterocycles. The summed E-state index contributed by atoms with van der Waals surface area (Å²) in [7, 11) is 4.06. The van der Waals surface area contributed by atoms with E-state index in [2.05, 4.69) is 20.8 Å². The molecule has 0 bridgehead atoms. The average Bonchev–Trinajstić information content (AvgIpc) is 2.91. The van der Waals surface area contributed by atoms with Crippen LogP contribution in [0, 0.1) is 0 Å². The number of quaternary nitrogens is 1. The van der Waals surface area contributed by atoms with Gasteiger partial charge in [-0.2, -0.15) is 0 Å². The van der Waals surface area contributed by atoms with Crippen molar-refractivity contribution in [3.63, 3.8) is 0 Å². The summed E-state index contributed by atoms with van der Waals surface area (Å²) >= 11 is 0. The van der Waals surface area contributed by atoms with Crippen LogP contribution in [0.3, 0.4) is 0 Å². The van der Waals surface area contributed by atoms with Crippen LogP contribution >= 0.6 is 0 Å². The molecule has 0 aromatic carbocycles. The van der Waals surface area contributed by atoms with Crippen molar-refractivity contribution in [1.82, 2.24) is 0 Å². The Labute approximate surface area is 240 Å². The zero-order chi connectivity index (χ0) is 28.2. The summed E-state index contributed by atoms with van der Waals surface area (Å²) in [6.45, 7) is 8.12. The van der Waals surface area contributed by atoms with Crippen LogP contribution in [0.4, 0.5) is 0 Å². The second-order valence-electron chi connectivity index (χ2n) is 12.3. The number of aliphatic hydroxyl groups is 1. The highest BCUT2D eigenvalue weighted by Gasteiger charge is 2.35. The predicted molar refractivity (Wildman–Crippen MR) is 166 cm³/mol. The summed E-state index contributed by atoms with van der Waals surface area (Å²) in [6, 6.07) is 0. The number of hydrogen-bond acceptors (Lipinski definition) is 3. The molecule has 1 N–H and O–H groups in total. The van der Waals surface area contributed by atoms with E-state index in [0.717, 1.165) is 25.9 Å². The van der Waals surface area contributed by atoms with Crippen molar-refractivity contribution >= 4 is 0 Å². The maximum Gasteiger partial charge on any atom is 0.308 e. The Bertz CT molecular complexity index is 457. The Balaban J connectivity index is 3.71. The molecule has 0 aromatic heterocycles. The second kappa shape index (κ2) is 28.4. The van der Waals surface area contributed by atoms with E-state index in [1.54, 1.807) is 0 Å². The topological polar surface area (TPSA) is 38.7 Å². The van der Waals surface area contributed by atoms with Crippen LogP contribution in [0.1, 0.15) is 181 Å². The van der Waals surface area contributed by atoms with Gasteiger partial charge in [-0.1, -0.05) is 162 Å². The number of rotatable bonds is 31. The zero-order valence-corrected chi connectivity index (χ0v) is 27.0. The maximum atomic E-state index is 10.7. The Hall–Kier alpha value is -0.160.